The van der Waals surface area contributed by atoms with E-state index in [0.29, 0.717) is 31.5 Å². The molecule has 1 fully saturated rings. The molecule has 320 valence electrons. The number of esters is 2. The number of allylic oxidation sites excluding steroid dienone is 10. The van der Waals surface area contributed by atoms with Crippen LogP contribution in [-0.2, 0) is 37.4 Å². The Kier molecular flexibility index (Phi) is 33.7. The van der Waals surface area contributed by atoms with Crippen LogP contribution in [-0.4, -0.2) is 61.5 Å². The number of rotatable bonds is 38. The van der Waals surface area contributed by atoms with Gasteiger partial charge < -0.3 is 24.8 Å². The molecule has 1 heterocycles. The number of phosphoric acid groups is 1. The highest BCUT2D eigenvalue weighted by Crippen LogP contribution is 2.43. The molecule has 0 radical (unpaired) electrons. The SMILES string of the molecule is CCCCC/C=C\C/C=C\C/C=C\CCCCCCC(=O)OC[C@H](COP(=O)(O)OCCN)OC(=O)CCC/C=C\C/C=C\CC1OC1C/C=C\CCCCC. The second-order valence-electron chi connectivity index (χ2n) is 14.2. The summed E-state index contributed by atoms with van der Waals surface area (Å²) in [4.78, 5) is 34.9. The predicted molar refractivity (Wildman–Crippen MR) is 228 cm³/mol. The van der Waals surface area contributed by atoms with E-state index in [2.05, 4.69) is 80.7 Å². The molecule has 56 heavy (non-hydrogen) atoms. The number of carbonyl (C=O) groups excluding carboxylic acids is 2. The summed E-state index contributed by atoms with van der Waals surface area (Å²) in [5.41, 5.74) is 5.34. The molecule has 0 aromatic heterocycles. The van der Waals surface area contributed by atoms with E-state index in [0.717, 1.165) is 64.2 Å². The Labute approximate surface area is 339 Å². The molecule has 0 bridgehead atoms. The van der Waals surface area contributed by atoms with Crippen molar-refractivity contribution in [2.24, 2.45) is 5.73 Å². The van der Waals surface area contributed by atoms with Crippen molar-refractivity contribution >= 4 is 19.8 Å². The van der Waals surface area contributed by atoms with E-state index in [1.54, 1.807) is 0 Å². The van der Waals surface area contributed by atoms with Gasteiger partial charge in [0.1, 0.15) is 6.61 Å². The average molecular weight is 806 g/mol. The molecule has 0 amide bonds. The van der Waals surface area contributed by atoms with Crippen LogP contribution in [0.5, 0.6) is 0 Å². The molecule has 1 saturated heterocycles. The number of epoxide rings is 1. The van der Waals surface area contributed by atoms with Crippen LogP contribution in [0.2, 0.25) is 0 Å². The molecule has 0 aliphatic carbocycles. The van der Waals surface area contributed by atoms with Crippen molar-refractivity contribution < 1.29 is 42.3 Å². The van der Waals surface area contributed by atoms with Crippen molar-refractivity contribution in [3.8, 4) is 0 Å². The molecule has 11 heteroatoms. The third-order valence-electron chi connectivity index (χ3n) is 8.97. The van der Waals surface area contributed by atoms with Crippen LogP contribution in [0.3, 0.4) is 0 Å². The van der Waals surface area contributed by atoms with Gasteiger partial charge in [-0.1, -0.05) is 125 Å². The van der Waals surface area contributed by atoms with E-state index in [1.165, 1.54) is 44.9 Å². The van der Waals surface area contributed by atoms with Crippen molar-refractivity contribution in [1.29, 1.82) is 0 Å². The molecule has 10 nitrogen and oxygen atoms in total. The first-order valence-corrected chi connectivity index (χ1v) is 23.0. The molecule has 3 N–H and O–H groups in total. The van der Waals surface area contributed by atoms with E-state index in [1.807, 2.05) is 6.08 Å². The second kappa shape index (κ2) is 36.7. The fraction of sp³-hybridized carbons (Fsp3) is 0.689. The van der Waals surface area contributed by atoms with Crippen molar-refractivity contribution in [2.75, 3.05) is 26.4 Å². The summed E-state index contributed by atoms with van der Waals surface area (Å²) >= 11 is 0. The van der Waals surface area contributed by atoms with Crippen molar-refractivity contribution in [3.05, 3.63) is 72.9 Å². The van der Waals surface area contributed by atoms with Crippen LogP contribution in [0.25, 0.3) is 0 Å². The molecule has 1 aliphatic rings. The molecule has 0 saturated carbocycles. The summed E-state index contributed by atoms with van der Waals surface area (Å²) < 4.78 is 38.4. The summed E-state index contributed by atoms with van der Waals surface area (Å²) in [5, 5.41) is 0. The number of phosphoric ester groups is 1. The fourth-order valence-corrected chi connectivity index (χ4v) is 6.38. The van der Waals surface area contributed by atoms with E-state index in [-0.39, 0.29) is 32.6 Å². The van der Waals surface area contributed by atoms with Crippen LogP contribution >= 0.6 is 7.82 Å². The van der Waals surface area contributed by atoms with Crippen molar-refractivity contribution in [1.82, 2.24) is 0 Å². The van der Waals surface area contributed by atoms with E-state index < -0.39 is 32.5 Å². The van der Waals surface area contributed by atoms with Crippen LogP contribution in [0.15, 0.2) is 72.9 Å². The highest BCUT2D eigenvalue weighted by molar-refractivity contribution is 7.47. The summed E-state index contributed by atoms with van der Waals surface area (Å²) in [7, 11) is -4.41. The Morgan fingerprint density at radius 3 is 1.70 bits per heavy atom. The zero-order valence-corrected chi connectivity index (χ0v) is 35.7. The smallest absolute Gasteiger partial charge is 0.462 e. The third kappa shape index (κ3) is 33.5. The number of hydrogen-bond acceptors (Lipinski definition) is 9. The average Bonchev–Trinajstić information content (AvgIpc) is 3.94. The van der Waals surface area contributed by atoms with Gasteiger partial charge in [-0.2, -0.15) is 0 Å². The highest BCUT2D eigenvalue weighted by Gasteiger charge is 2.36. The van der Waals surface area contributed by atoms with Gasteiger partial charge in [-0.3, -0.25) is 18.6 Å². The van der Waals surface area contributed by atoms with Gasteiger partial charge in [0, 0.05) is 19.4 Å². The first-order valence-electron chi connectivity index (χ1n) is 21.5. The van der Waals surface area contributed by atoms with Gasteiger partial charge in [0.25, 0.3) is 0 Å². The Balaban J connectivity index is 2.25. The quantitative estimate of drug-likeness (QED) is 0.0203. The molecule has 3 unspecified atom stereocenters. The lowest BCUT2D eigenvalue weighted by molar-refractivity contribution is -0.161. The summed E-state index contributed by atoms with van der Waals surface area (Å²) in [6.07, 6.45) is 46.8. The fourth-order valence-electron chi connectivity index (χ4n) is 5.61. The van der Waals surface area contributed by atoms with Crippen LogP contribution in [0, 0.1) is 0 Å². The molecular weight excluding hydrogens is 729 g/mol. The maximum absolute atomic E-state index is 12.6. The first kappa shape index (κ1) is 51.4. The summed E-state index contributed by atoms with van der Waals surface area (Å²) in [6.45, 7) is 3.55. The molecule has 4 atom stereocenters. The third-order valence-corrected chi connectivity index (χ3v) is 9.95. The Hall–Kier alpha value is -2.59. The Bertz CT molecular complexity index is 1210. The molecule has 0 aromatic carbocycles. The summed E-state index contributed by atoms with van der Waals surface area (Å²) in [5.74, 6) is -0.933. The normalized spacial score (nSPS) is 17.6. The topological polar surface area (TPSA) is 147 Å². The number of unbranched alkanes of at least 4 members (excludes halogenated alkanes) is 11. The molecular formula is C45H76NO9P. The largest absolute Gasteiger partial charge is 0.472 e. The predicted octanol–water partition coefficient (Wildman–Crippen LogP) is 11.3. The monoisotopic (exact) mass is 806 g/mol. The standard InChI is InChI=1S/C45H76NO9P/c1-3-5-7-9-11-12-13-14-15-16-17-18-19-20-23-27-31-35-44(47)51-39-41(40-53-56(49,50)52-38-37-46)54-45(48)36-32-28-24-21-22-26-30-34-43-42(55-43)33-29-25-10-8-6-4-2/h11-12,14-15,17-18,21,24-26,29-30,41-43H,3-10,13,16,19-20,22-23,27-28,31-40,46H2,1-2H3,(H,49,50)/b12-11-,15-14-,18-17-,24-21-,29-25-,30-26-/t41-,42?,43?/m1/s1. The van der Waals surface area contributed by atoms with Gasteiger partial charge in [-0.25, -0.2) is 4.57 Å². The van der Waals surface area contributed by atoms with Gasteiger partial charge in [0.2, 0.25) is 0 Å². The molecule has 1 aliphatic heterocycles. The van der Waals surface area contributed by atoms with E-state index in [4.69, 9.17) is 29.0 Å². The second-order valence-corrected chi connectivity index (χ2v) is 15.7. The zero-order chi connectivity index (χ0) is 40.8. The minimum atomic E-state index is -4.41. The minimum Gasteiger partial charge on any atom is -0.462 e. The highest BCUT2D eigenvalue weighted by atomic mass is 31.2. The van der Waals surface area contributed by atoms with Gasteiger partial charge in [0.05, 0.1) is 25.4 Å². The number of ether oxygens (including phenoxy) is 3. The van der Waals surface area contributed by atoms with Gasteiger partial charge >= 0.3 is 19.8 Å². The first-order chi connectivity index (χ1) is 27.3. The lowest BCUT2D eigenvalue weighted by Crippen LogP contribution is -2.29. The maximum Gasteiger partial charge on any atom is 0.472 e. The van der Waals surface area contributed by atoms with Crippen LogP contribution in [0.1, 0.15) is 155 Å². The maximum atomic E-state index is 12.6. The van der Waals surface area contributed by atoms with Crippen molar-refractivity contribution in [2.45, 2.75) is 173 Å². The molecule has 0 aromatic rings. The lowest BCUT2D eigenvalue weighted by Gasteiger charge is -2.19. The van der Waals surface area contributed by atoms with Crippen LogP contribution < -0.4 is 5.73 Å². The Morgan fingerprint density at radius 2 is 1.11 bits per heavy atom. The Morgan fingerprint density at radius 1 is 0.625 bits per heavy atom. The molecule has 1 rings (SSSR count). The summed E-state index contributed by atoms with van der Waals surface area (Å²) in [6, 6.07) is 0. The van der Waals surface area contributed by atoms with E-state index in [9.17, 15) is 19.0 Å². The molecule has 0 spiro atoms. The van der Waals surface area contributed by atoms with Gasteiger partial charge in [-0.15, -0.1) is 0 Å². The van der Waals surface area contributed by atoms with Gasteiger partial charge in [-0.05, 0) is 89.9 Å². The van der Waals surface area contributed by atoms with Crippen LogP contribution in [0.4, 0.5) is 0 Å². The number of nitrogens with two attached hydrogens (primary N) is 1. The minimum absolute atomic E-state index is 0.0355. The van der Waals surface area contributed by atoms with E-state index >= 15 is 0 Å². The van der Waals surface area contributed by atoms with Gasteiger partial charge in [0.15, 0.2) is 6.10 Å². The van der Waals surface area contributed by atoms with Crippen molar-refractivity contribution in [3.63, 3.8) is 0 Å². The number of hydrogen-bond donors (Lipinski definition) is 2. The number of carbonyl (C=O) groups is 2. The zero-order valence-electron chi connectivity index (χ0n) is 34.8. The lowest BCUT2D eigenvalue weighted by atomic mass is 10.1.